The van der Waals surface area contributed by atoms with Crippen LogP contribution in [-0.4, -0.2) is 45.7 Å². The molecule has 2 amide bonds. The van der Waals surface area contributed by atoms with Gasteiger partial charge in [-0.05, 0) is 36.0 Å². The molecule has 0 radical (unpaired) electrons. The van der Waals surface area contributed by atoms with Crippen molar-refractivity contribution in [3.63, 3.8) is 0 Å². The summed E-state index contributed by atoms with van der Waals surface area (Å²) in [4.78, 5) is 36.0. The van der Waals surface area contributed by atoms with Gasteiger partial charge in [0.1, 0.15) is 17.8 Å². The first-order valence-corrected chi connectivity index (χ1v) is 9.78. The van der Waals surface area contributed by atoms with Crippen LogP contribution in [-0.2, 0) is 7.05 Å². The van der Waals surface area contributed by atoms with Crippen molar-refractivity contribution in [3.8, 4) is 11.5 Å². The van der Waals surface area contributed by atoms with Gasteiger partial charge in [-0.1, -0.05) is 0 Å². The summed E-state index contributed by atoms with van der Waals surface area (Å²) in [5.41, 5.74) is 4.39. The zero-order valence-corrected chi connectivity index (χ0v) is 18.0. The van der Waals surface area contributed by atoms with Gasteiger partial charge in [0.25, 0.3) is 17.5 Å². The van der Waals surface area contributed by atoms with Crippen LogP contribution in [0.25, 0.3) is 0 Å². The summed E-state index contributed by atoms with van der Waals surface area (Å²) in [6.07, 6.45) is 1.47. The number of carbonyl (C=O) groups excluding carboxylic acids is 2. The molecule has 2 aromatic carbocycles. The third kappa shape index (κ3) is 5.13. The number of nitro benzene ring substituents is 1. The first-order valence-electron chi connectivity index (χ1n) is 8.96. The molecule has 1 aromatic heterocycles. The van der Waals surface area contributed by atoms with E-state index in [1.807, 2.05) is 0 Å². The molecule has 166 valence electrons. The molecule has 0 bridgehead atoms. The minimum absolute atomic E-state index is 0.0115. The lowest BCUT2D eigenvalue weighted by molar-refractivity contribution is -0.387. The average Bonchev–Trinajstić information content (AvgIpc) is 3.20. The zero-order valence-electron chi connectivity index (χ0n) is 17.2. The highest BCUT2D eigenvalue weighted by atomic mass is 32.2. The van der Waals surface area contributed by atoms with Gasteiger partial charge in [-0.15, -0.1) is 10.2 Å². The molecule has 2 N–H and O–H groups in total. The van der Waals surface area contributed by atoms with Gasteiger partial charge < -0.3 is 14.0 Å². The van der Waals surface area contributed by atoms with Gasteiger partial charge in [0.2, 0.25) is 0 Å². The van der Waals surface area contributed by atoms with Crippen molar-refractivity contribution in [2.45, 2.75) is 10.1 Å². The quantitative estimate of drug-likeness (QED) is 0.400. The highest BCUT2D eigenvalue weighted by Gasteiger charge is 2.20. The monoisotopic (exact) mass is 458 g/mol. The van der Waals surface area contributed by atoms with Gasteiger partial charge >= 0.3 is 0 Å². The normalized spacial score (nSPS) is 10.3. The second kappa shape index (κ2) is 9.78. The van der Waals surface area contributed by atoms with E-state index in [4.69, 9.17) is 9.47 Å². The summed E-state index contributed by atoms with van der Waals surface area (Å²) in [6.45, 7) is 0. The molecule has 13 heteroatoms. The van der Waals surface area contributed by atoms with Gasteiger partial charge in [0.05, 0.1) is 24.0 Å². The lowest BCUT2D eigenvalue weighted by atomic mass is 10.2. The van der Waals surface area contributed by atoms with Crippen molar-refractivity contribution in [2.24, 2.45) is 7.05 Å². The number of nitrogens with zero attached hydrogens (tertiary/aromatic N) is 4. The minimum Gasteiger partial charge on any atom is -0.497 e. The van der Waals surface area contributed by atoms with Crippen molar-refractivity contribution in [2.75, 3.05) is 14.2 Å². The number of benzene rings is 2. The minimum atomic E-state index is -0.730. The molecule has 3 rings (SSSR count). The van der Waals surface area contributed by atoms with Crippen LogP contribution in [0.3, 0.4) is 0 Å². The Morgan fingerprint density at radius 3 is 2.19 bits per heavy atom. The fourth-order valence-corrected chi connectivity index (χ4v) is 3.40. The molecule has 1 heterocycles. The number of hydrazine groups is 1. The Morgan fingerprint density at radius 2 is 1.66 bits per heavy atom. The van der Waals surface area contributed by atoms with Crippen LogP contribution in [0.2, 0.25) is 0 Å². The van der Waals surface area contributed by atoms with Crippen LogP contribution < -0.4 is 20.3 Å². The molecule has 0 fully saturated rings. The first-order chi connectivity index (χ1) is 15.3. The summed E-state index contributed by atoms with van der Waals surface area (Å²) in [5, 5.41) is 19.6. The van der Waals surface area contributed by atoms with Crippen molar-refractivity contribution < 1.29 is 24.0 Å². The van der Waals surface area contributed by atoms with E-state index < -0.39 is 16.7 Å². The Morgan fingerprint density at radius 1 is 1.03 bits per heavy atom. The second-order valence-corrected chi connectivity index (χ2v) is 7.28. The number of carbonyl (C=O) groups is 2. The standard InChI is InChI=1S/C19H18N6O6S/c1-24-10-20-23-19(24)32-16-5-4-11(8-15(16)25(28)29)17(26)21-22-18(27)12-6-13(30-2)9-14(7-12)31-3/h4-10H,1-3H3,(H,21,26)(H,22,27). The maximum atomic E-state index is 12.5. The molecule has 32 heavy (non-hydrogen) atoms. The molecular formula is C19H18N6O6S. The van der Waals surface area contributed by atoms with E-state index in [1.165, 1.54) is 44.8 Å². The number of aromatic nitrogens is 3. The van der Waals surface area contributed by atoms with Crippen molar-refractivity contribution in [1.29, 1.82) is 0 Å². The summed E-state index contributed by atoms with van der Waals surface area (Å²) >= 11 is 1.04. The molecule has 0 atom stereocenters. The topological polar surface area (TPSA) is 151 Å². The van der Waals surface area contributed by atoms with Gasteiger partial charge in [-0.2, -0.15) is 0 Å². The highest BCUT2D eigenvalue weighted by molar-refractivity contribution is 7.99. The van der Waals surface area contributed by atoms with Gasteiger partial charge in [-0.25, -0.2) is 0 Å². The van der Waals surface area contributed by atoms with Crippen LogP contribution >= 0.6 is 11.8 Å². The Kier molecular flexibility index (Phi) is 6.90. The molecule has 0 aliphatic carbocycles. The Balaban J connectivity index is 1.74. The van der Waals surface area contributed by atoms with E-state index in [1.54, 1.807) is 17.7 Å². The van der Waals surface area contributed by atoms with Gasteiger partial charge in [0.15, 0.2) is 5.16 Å². The lowest BCUT2D eigenvalue weighted by Crippen LogP contribution is -2.41. The molecule has 3 aromatic rings. The highest BCUT2D eigenvalue weighted by Crippen LogP contribution is 2.34. The second-order valence-electron chi connectivity index (χ2n) is 6.28. The van der Waals surface area contributed by atoms with E-state index in [2.05, 4.69) is 21.0 Å². The summed E-state index contributed by atoms with van der Waals surface area (Å²) in [5.74, 6) is -0.564. The summed E-state index contributed by atoms with van der Waals surface area (Å²) in [6, 6.07) is 8.48. The molecular weight excluding hydrogens is 440 g/mol. The van der Waals surface area contributed by atoms with Crippen molar-refractivity contribution >= 4 is 29.3 Å². The Hall–Kier alpha value is -4.13. The van der Waals surface area contributed by atoms with E-state index in [-0.39, 0.29) is 21.7 Å². The van der Waals surface area contributed by atoms with Gasteiger partial charge in [0, 0.05) is 30.3 Å². The molecule has 0 saturated heterocycles. The van der Waals surface area contributed by atoms with E-state index >= 15 is 0 Å². The largest absolute Gasteiger partial charge is 0.497 e. The number of nitrogens with one attached hydrogen (secondary N) is 2. The first kappa shape index (κ1) is 22.6. The number of nitro groups is 1. The zero-order chi connectivity index (χ0) is 23.3. The van der Waals surface area contributed by atoms with Crippen LogP contribution in [0.15, 0.2) is 52.8 Å². The third-order valence-corrected chi connectivity index (χ3v) is 5.31. The molecule has 0 saturated carbocycles. The molecule has 0 aliphatic heterocycles. The van der Waals surface area contributed by atoms with Crippen LogP contribution in [0.1, 0.15) is 20.7 Å². The van der Waals surface area contributed by atoms with E-state index in [9.17, 15) is 19.7 Å². The number of amides is 2. The van der Waals surface area contributed by atoms with E-state index in [0.717, 1.165) is 17.8 Å². The SMILES string of the molecule is COc1cc(OC)cc(C(=O)NNC(=O)c2ccc(Sc3nncn3C)c([N+](=O)[O-])c2)c1. The predicted molar refractivity (Wildman–Crippen MR) is 113 cm³/mol. The molecule has 0 spiro atoms. The number of hydrogen-bond donors (Lipinski definition) is 2. The van der Waals surface area contributed by atoms with E-state index in [0.29, 0.717) is 16.7 Å². The van der Waals surface area contributed by atoms with Gasteiger partial charge in [-0.3, -0.25) is 30.6 Å². The fraction of sp³-hybridized carbons (Fsp3) is 0.158. The number of hydrogen-bond acceptors (Lipinski definition) is 9. The Labute approximate surface area is 186 Å². The number of rotatable bonds is 7. The van der Waals surface area contributed by atoms with Crippen molar-refractivity contribution in [3.05, 3.63) is 64.0 Å². The lowest BCUT2D eigenvalue weighted by Gasteiger charge is -2.10. The number of ether oxygens (including phenoxy) is 2. The van der Waals surface area contributed by atoms with Crippen LogP contribution in [0.5, 0.6) is 11.5 Å². The third-order valence-electron chi connectivity index (χ3n) is 4.19. The number of methoxy groups -OCH3 is 2. The molecule has 12 nitrogen and oxygen atoms in total. The predicted octanol–water partition coefficient (Wildman–Crippen LogP) is 1.97. The maximum absolute atomic E-state index is 12.5. The summed E-state index contributed by atoms with van der Waals surface area (Å²) in [7, 11) is 4.59. The summed E-state index contributed by atoms with van der Waals surface area (Å²) < 4.78 is 11.8. The fourth-order valence-electron chi connectivity index (χ4n) is 2.55. The van der Waals surface area contributed by atoms with Crippen molar-refractivity contribution in [1.82, 2.24) is 25.6 Å². The van der Waals surface area contributed by atoms with Crippen LogP contribution in [0.4, 0.5) is 5.69 Å². The Bertz CT molecular complexity index is 1160. The maximum Gasteiger partial charge on any atom is 0.284 e. The smallest absolute Gasteiger partial charge is 0.284 e. The average molecular weight is 458 g/mol. The molecule has 0 aliphatic rings. The number of aryl methyl sites for hydroxylation is 1. The van der Waals surface area contributed by atoms with Crippen LogP contribution in [0, 0.1) is 10.1 Å². The molecule has 0 unspecified atom stereocenters.